The highest BCUT2D eigenvalue weighted by Crippen LogP contribution is 2.35. The van der Waals surface area contributed by atoms with E-state index in [-0.39, 0.29) is 17.6 Å². The second kappa shape index (κ2) is 7.30. The molecule has 0 aliphatic heterocycles. The zero-order chi connectivity index (χ0) is 15.3. The van der Waals surface area contributed by atoms with E-state index in [9.17, 15) is 0 Å². The number of rotatable bonds is 6. The Morgan fingerprint density at radius 1 is 1.30 bits per heavy atom. The van der Waals surface area contributed by atoms with Crippen molar-refractivity contribution in [3.05, 3.63) is 28.8 Å². The average molecular weight is 300 g/mol. The summed E-state index contributed by atoms with van der Waals surface area (Å²) in [5.74, 6) is 0.688. The Morgan fingerprint density at radius 2 is 1.95 bits per heavy atom. The molecule has 4 heteroatoms. The number of likely N-dealkylation sites (N-methyl/N-ethyl adjacent to an activating group) is 1. The van der Waals surface area contributed by atoms with Crippen LogP contribution in [0.4, 0.5) is 0 Å². The molecule has 0 bridgehead atoms. The quantitative estimate of drug-likeness (QED) is 0.859. The number of hydrogen-bond acceptors (Lipinski definition) is 3. The van der Waals surface area contributed by atoms with Crippen LogP contribution in [0.5, 0.6) is 5.75 Å². The highest BCUT2D eigenvalue weighted by atomic mass is 35.5. The van der Waals surface area contributed by atoms with E-state index >= 15 is 0 Å². The molecule has 1 aromatic rings. The molecule has 0 aromatic heterocycles. The topological polar surface area (TPSA) is 30.5 Å². The zero-order valence-electron chi connectivity index (χ0n) is 13.3. The van der Waals surface area contributed by atoms with Crippen LogP contribution in [0, 0.1) is 5.41 Å². The third-order valence-electron chi connectivity index (χ3n) is 3.35. The third-order valence-corrected chi connectivity index (χ3v) is 3.66. The molecule has 0 heterocycles. The minimum Gasteiger partial charge on any atom is -0.495 e. The number of methoxy groups -OCH3 is 1. The van der Waals surface area contributed by atoms with Crippen LogP contribution in [0.3, 0.4) is 0 Å². The molecule has 1 N–H and O–H groups in total. The minimum absolute atomic E-state index is 0.0244. The lowest BCUT2D eigenvalue weighted by atomic mass is 9.82. The number of ether oxygens (including phenoxy) is 2. The Hall–Kier alpha value is -0.770. The van der Waals surface area contributed by atoms with Gasteiger partial charge >= 0.3 is 0 Å². The normalized spacial score (nSPS) is 14.9. The predicted octanol–water partition coefficient (Wildman–Crippen LogP) is 4.06. The summed E-state index contributed by atoms with van der Waals surface area (Å²) < 4.78 is 11.3. The molecule has 1 rings (SSSR count). The summed E-state index contributed by atoms with van der Waals surface area (Å²) >= 11 is 6.10. The summed E-state index contributed by atoms with van der Waals surface area (Å²) in [6.45, 7) is 9.26. The summed E-state index contributed by atoms with van der Waals surface area (Å²) in [4.78, 5) is 0. The Morgan fingerprint density at radius 3 is 2.40 bits per heavy atom. The van der Waals surface area contributed by atoms with Crippen LogP contribution in [-0.2, 0) is 4.74 Å². The van der Waals surface area contributed by atoms with Crippen molar-refractivity contribution >= 4 is 11.6 Å². The van der Waals surface area contributed by atoms with E-state index in [0.29, 0.717) is 17.4 Å². The molecule has 0 amide bonds. The monoisotopic (exact) mass is 299 g/mol. The van der Waals surface area contributed by atoms with Crippen molar-refractivity contribution in [3.8, 4) is 5.75 Å². The van der Waals surface area contributed by atoms with E-state index < -0.39 is 0 Å². The zero-order valence-corrected chi connectivity index (χ0v) is 14.0. The van der Waals surface area contributed by atoms with Crippen LogP contribution in [0.1, 0.15) is 39.3 Å². The van der Waals surface area contributed by atoms with Gasteiger partial charge in [0.2, 0.25) is 0 Å². The first-order valence-electron chi connectivity index (χ1n) is 6.97. The molecule has 114 valence electrons. The molecule has 0 spiro atoms. The maximum atomic E-state index is 6.10. The van der Waals surface area contributed by atoms with E-state index in [4.69, 9.17) is 21.1 Å². The molecule has 20 heavy (non-hydrogen) atoms. The van der Waals surface area contributed by atoms with Crippen molar-refractivity contribution in [3.63, 3.8) is 0 Å². The van der Waals surface area contributed by atoms with E-state index in [1.807, 2.05) is 32.2 Å². The third kappa shape index (κ3) is 4.11. The maximum absolute atomic E-state index is 6.10. The first-order chi connectivity index (χ1) is 9.35. The van der Waals surface area contributed by atoms with Gasteiger partial charge in [-0.15, -0.1) is 0 Å². The molecule has 2 unspecified atom stereocenters. The fourth-order valence-electron chi connectivity index (χ4n) is 2.39. The lowest BCUT2D eigenvalue weighted by molar-refractivity contribution is -0.0351. The van der Waals surface area contributed by atoms with Crippen molar-refractivity contribution in [2.75, 3.05) is 20.8 Å². The molecule has 0 aliphatic carbocycles. The van der Waals surface area contributed by atoms with Gasteiger partial charge in [-0.25, -0.2) is 0 Å². The van der Waals surface area contributed by atoms with Gasteiger partial charge in [0.25, 0.3) is 0 Å². The van der Waals surface area contributed by atoms with Crippen LogP contribution < -0.4 is 10.1 Å². The van der Waals surface area contributed by atoms with Crippen LogP contribution in [0.15, 0.2) is 18.2 Å². The molecule has 0 aliphatic rings. The van der Waals surface area contributed by atoms with Crippen LogP contribution in [0.25, 0.3) is 0 Å². The Bertz CT molecular complexity index is 429. The molecule has 0 saturated heterocycles. The fraction of sp³-hybridized carbons (Fsp3) is 0.625. The maximum Gasteiger partial charge on any atom is 0.137 e. The standard InChI is InChI=1S/C16H26ClNO2/c1-7-20-15(16(2,3)4)14(18-5)11-8-9-12(17)13(10-11)19-6/h8-10,14-15,18H,7H2,1-6H3. The fourth-order valence-corrected chi connectivity index (χ4v) is 2.58. The van der Waals surface area contributed by atoms with E-state index in [1.54, 1.807) is 7.11 Å². The second-order valence-corrected chi connectivity index (χ2v) is 6.31. The second-order valence-electron chi connectivity index (χ2n) is 5.90. The van der Waals surface area contributed by atoms with E-state index in [0.717, 1.165) is 5.56 Å². The number of benzene rings is 1. The SMILES string of the molecule is CCOC(C(NC)c1ccc(Cl)c(OC)c1)C(C)(C)C. The first-order valence-corrected chi connectivity index (χ1v) is 7.35. The van der Waals surface area contributed by atoms with Gasteiger partial charge < -0.3 is 14.8 Å². The van der Waals surface area contributed by atoms with Crippen LogP contribution in [-0.4, -0.2) is 26.9 Å². The van der Waals surface area contributed by atoms with Crippen LogP contribution in [0.2, 0.25) is 5.02 Å². The van der Waals surface area contributed by atoms with Gasteiger partial charge in [-0.1, -0.05) is 38.4 Å². The summed E-state index contributed by atoms with van der Waals surface area (Å²) in [5.41, 5.74) is 1.14. The molecule has 3 nitrogen and oxygen atoms in total. The Balaban J connectivity index is 3.16. The van der Waals surface area contributed by atoms with Crippen molar-refractivity contribution in [1.82, 2.24) is 5.32 Å². The Labute approximate surface area is 127 Å². The predicted molar refractivity (Wildman–Crippen MR) is 84.7 cm³/mol. The van der Waals surface area contributed by atoms with Gasteiger partial charge in [-0.2, -0.15) is 0 Å². The smallest absolute Gasteiger partial charge is 0.137 e. The van der Waals surface area contributed by atoms with Crippen molar-refractivity contribution < 1.29 is 9.47 Å². The lowest BCUT2D eigenvalue weighted by Crippen LogP contribution is -2.41. The van der Waals surface area contributed by atoms with Gasteiger partial charge in [-0.05, 0) is 37.1 Å². The number of hydrogen-bond donors (Lipinski definition) is 1. The van der Waals surface area contributed by atoms with Gasteiger partial charge in [0.05, 0.1) is 24.3 Å². The first kappa shape index (κ1) is 17.3. The van der Waals surface area contributed by atoms with Crippen molar-refractivity contribution in [2.45, 2.75) is 39.8 Å². The van der Waals surface area contributed by atoms with E-state index in [1.165, 1.54) is 0 Å². The average Bonchev–Trinajstić information content (AvgIpc) is 2.39. The largest absolute Gasteiger partial charge is 0.495 e. The van der Waals surface area contributed by atoms with Gasteiger partial charge in [0.15, 0.2) is 0 Å². The summed E-state index contributed by atoms with van der Waals surface area (Å²) in [5, 5.41) is 3.98. The lowest BCUT2D eigenvalue weighted by Gasteiger charge is -2.37. The number of halogens is 1. The highest BCUT2D eigenvalue weighted by molar-refractivity contribution is 6.32. The molecule has 0 radical (unpaired) electrons. The molecule has 2 atom stereocenters. The van der Waals surface area contributed by atoms with Crippen LogP contribution >= 0.6 is 11.6 Å². The molecule has 0 saturated carbocycles. The van der Waals surface area contributed by atoms with Crippen molar-refractivity contribution in [2.24, 2.45) is 5.41 Å². The van der Waals surface area contributed by atoms with Gasteiger partial charge in [-0.3, -0.25) is 0 Å². The highest BCUT2D eigenvalue weighted by Gasteiger charge is 2.33. The summed E-state index contributed by atoms with van der Waals surface area (Å²) in [7, 11) is 3.58. The summed E-state index contributed by atoms with van der Waals surface area (Å²) in [6.07, 6.45) is 0.0587. The Kier molecular flexibility index (Phi) is 6.31. The molecular weight excluding hydrogens is 274 g/mol. The van der Waals surface area contributed by atoms with E-state index in [2.05, 4.69) is 26.1 Å². The van der Waals surface area contributed by atoms with Gasteiger partial charge in [0.1, 0.15) is 5.75 Å². The van der Waals surface area contributed by atoms with Gasteiger partial charge in [0, 0.05) is 6.61 Å². The number of nitrogens with one attached hydrogen (secondary N) is 1. The minimum atomic E-state index is 0.0244. The molecular formula is C16H26ClNO2. The molecule has 0 fully saturated rings. The van der Waals surface area contributed by atoms with Crippen molar-refractivity contribution in [1.29, 1.82) is 0 Å². The molecule has 1 aromatic carbocycles. The summed E-state index contributed by atoms with van der Waals surface area (Å²) in [6, 6.07) is 5.94.